The molecule has 2 aromatic carbocycles. The molecule has 20 heavy (non-hydrogen) atoms. The lowest BCUT2D eigenvalue weighted by Crippen LogP contribution is -2.39. The molecule has 2 aromatic rings. The van der Waals surface area contributed by atoms with E-state index in [0.29, 0.717) is 0 Å². The van der Waals surface area contributed by atoms with E-state index < -0.39 is 0 Å². The van der Waals surface area contributed by atoms with Crippen LogP contribution in [-0.2, 0) is 5.54 Å². The van der Waals surface area contributed by atoms with Crippen LogP contribution >= 0.6 is 0 Å². The monoisotopic (exact) mass is 263 g/mol. The average molecular weight is 263 g/mol. The van der Waals surface area contributed by atoms with Crippen LogP contribution in [0, 0.1) is 6.92 Å². The van der Waals surface area contributed by atoms with Crippen molar-refractivity contribution < 1.29 is 4.79 Å². The van der Waals surface area contributed by atoms with Gasteiger partial charge in [-0.1, -0.05) is 48.0 Å². The minimum atomic E-state index is -0.221. The van der Waals surface area contributed by atoms with Crippen LogP contribution in [0.4, 0.5) is 0 Å². The Morgan fingerprint density at radius 3 is 2.70 bits per heavy atom. The summed E-state index contributed by atoms with van der Waals surface area (Å²) in [6.07, 6.45) is 2.10. The number of benzene rings is 2. The quantitative estimate of drug-likeness (QED) is 0.771. The third-order valence-corrected chi connectivity index (χ3v) is 4.73. The number of hydrogen-bond donors (Lipinski definition) is 0. The maximum absolute atomic E-state index is 12.7. The van der Waals surface area contributed by atoms with E-state index in [-0.39, 0.29) is 11.4 Å². The first-order chi connectivity index (χ1) is 9.73. The van der Waals surface area contributed by atoms with Gasteiger partial charge < -0.3 is 4.90 Å². The summed E-state index contributed by atoms with van der Waals surface area (Å²) < 4.78 is 0. The Bertz CT molecular complexity index is 692. The van der Waals surface area contributed by atoms with Gasteiger partial charge in [0, 0.05) is 12.1 Å². The predicted octanol–water partition coefficient (Wildman–Crippen LogP) is 3.49. The highest BCUT2D eigenvalue weighted by molar-refractivity contribution is 6.01. The predicted molar refractivity (Wildman–Crippen MR) is 78.7 cm³/mol. The molecule has 100 valence electrons. The van der Waals surface area contributed by atoms with Crippen LogP contribution in [0.15, 0.2) is 48.5 Å². The van der Waals surface area contributed by atoms with Gasteiger partial charge in [-0.3, -0.25) is 4.79 Å². The summed E-state index contributed by atoms with van der Waals surface area (Å²) in [5, 5.41) is 0. The van der Waals surface area contributed by atoms with E-state index in [4.69, 9.17) is 0 Å². The standard InChI is InChI=1S/C18H17NO/c1-13-8-9-16-15(12-13)17(20)19-11-5-10-18(16,19)14-6-3-2-4-7-14/h2-4,6-9,12H,5,10-11H2,1H3. The molecular formula is C18H17NO. The minimum Gasteiger partial charge on any atom is -0.325 e. The molecule has 2 nitrogen and oxygen atoms in total. The molecule has 1 unspecified atom stereocenters. The maximum atomic E-state index is 12.7. The Morgan fingerprint density at radius 2 is 1.90 bits per heavy atom. The summed E-state index contributed by atoms with van der Waals surface area (Å²) in [6.45, 7) is 2.91. The summed E-state index contributed by atoms with van der Waals surface area (Å²) in [5.41, 5.74) is 4.27. The van der Waals surface area contributed by atoms with Crippen molar-refractivity contribution in [2.45, 2.75) is 25.3 Å². The van der Waals surface area contributed by atoms with Crippen molar-refractivity contribution in [2.24, 2.45) is 0 Å². The second-order valence-corrected chi connectivity index (χ2v) is 5.84. The van der Waals surface area contributed by atoms with Gasteiger partial charge in [-0.25, -0.2) is 0 Å². The number of carbonyl (C=O) groups excluding carboxylic acids is 1. The fourth-order valence-corrected chi connectivity index (χ4v) is 3.88. The van der Waals surface area contributed by atoms with Crippen LogP contribution in [0.2, 0.25) is 0 Å². The molecule has 2 heterocycles. The lowest BCUT2D eigenvalue weighted by atomic mass is 9.81. The summed E-state index contributed by atoms with van der Waals surface area (Å²) in [4.78, 5) is 14.8. The highest BCUT2D eigenvalue weighted by Crippen LogP contribution is 2.50. The Balaban J connectivity index is 2.01. The molecule has 1 saturated heterocycles. The van der Waals surface area contributed by atoms with E-state index >= 15 is 0 Å². The molecule has 0 saturated carbocycles. The van der Waals surface area contributed by atoms with Crippen LogP contribution in [-0.4, -0.2) is 17.4 Å². The molecule has 0 spiro atoms. The molecule has 1 amide bonds. The minimum absolute atomic E-state index is 0.199. The van der Waals surface area contributed by atoms with Gasteiger partial charge in [-0.15, -0.1) is 0 Å². The first-order valence-electron chi connectivity index (χ1n) is 7.22. The zero-order chi connectivity index (χ0) is 13.7. The number of rotatable bonds is 1. The molecule has 1 atom stereocenters. The molecule has 0 bridgehead atoms. The smallest absolute Gasteiger partial charge is 0.255 e. The zero-order valence-corrected chi connectivity index (χ0v) is 11.6. The third-order valence-electron chi connectivity index (χ3n) is 4.73. The van der Waals surface area contributed by atoms with Crippen LogP contribution < -0.4 is 0 Å². The third kappa shape index (κ3) is 1.31. The number of hydrogen-bond acceptors (Lipinski definition) is 1. The molecule has 2 heteroatoms. The number of aryl methyl sites for hydroxylation is 1. The Hall–Kier alpha value is -2.09. The van der Waals surface area contributed by atoms with Crippen molar-refractivity contribution in [1.82, 2.24) is 4.90 Å². The maximum Gasteiger partial charge on any atom is 0.255 e. The highest BCUT2D eigenvalue weighted by Gasteiger charge is 2.53. The summed E-state index contributed by atoms with van der Waals surface area (Å²) >= 11 is 0. The van der Waals surface area contributed by atoms with Gasteiger partial charge in [0.15, 0.2) is 0 Å². The van der Waals surface area contributed by atoms with Gasteiger partial charge in [0.1, 0.15) is 0 Å². The summed E-state index contributed by atoms with van der Waals surface area (Å²) in [6, 6.07) is 16.8. The van der Waals surface area contributed by atoms with Crippen molar-refractivity contribution >= 4 is 5.91 Å². The lowest BCUT2D eigenvalue weighted by molar-refractivity contribution is 0.0711. The molecule has 1 fully saturated rings. The average Bonchev–Trinajstić information content (AvgIpc) is 3.00. The highest BCUT2D eigenvalue weighted by atomic mass is 16.2. The van der Waals surface area contributed by atoms with Crippen LogP contribution in [0.1, 0.15) is 39.9 Å². The van der Waals surface area contributed by atoms with E-state index in [2.05, 4.69) is 41.3 Å². The van der Waals surface area contributed by atoms with E-state index in [9.17, 15) is 4.79 Å². The first kappa shape index (κ1) is 11.7. The van der Waals surface area contributed by atoms with E-state index in [1.54, 1.807) is 0 Å². The lowest BCUT2D eigenvalue weighted by Gasteiger charge is -2.33. The largest absolute Gasteiger partial charge is 0.325 e. The topological polar surface area (TPSA) is 20.3 Å². The number of fused-ring (bicyclic) bond motifs is 3. The van der Waals surface area contributed by atoms with Crippen LogP contribution in [0.25, 0.3) is 0 Å². The van der Waals surface area contributed by atoms with E-state index in [0.717, 1.165) is 30.5 Å². The Kier molecular flexibility index (Phi) is 2.31. The molecular weight excluding hydrogens is 246 g/mol. The van der Waals surface area contributed by atoms with E-state index in [1.165, 1.54) is 11.1 Å². The second-order valence-electron chi connectivity index (χ2n) is 5.84. The molecule has 4 rings (SSSR count). The fourth-order valence-electron chi connectivity index (χ4n) is 3.88. The van der Waals surface area contributed by atoms with Gasteiger partial charge in [0.2, 0.25) is 0 Å². The normalized spacial score (nSPS) is 23.9. The number of nitrogens with zero attached hydrogens (tertiary/aromatic N) is 1. The van der Waals surface area contributed by atoms with Crippen LogP contribution in [0.5, 0.6) is 0 Å². The Morgan fingerprint density at radius 1 is 1.10 bits per heavy atom. The number of amides is 1. The molecule has 2 aliphatic rings. The molecule has 0 aromatic heterocycles. The number of carbonyl (C=O) groups is 1. The van der Waals surface area contributed by atoms with Crippen molar-refractivity contribution in [3.8, 4) is 0 Å². The summed E-state index contributed by atoms with van der Waals surface area (Å²) in [5.74, 6) is 0.199. The van der Waals surface area contributed by atoms with Gasteiger partial charge in [0.05, 0.1) is 5.54 Å². The van der Waals surface area contributed by atoms with Crippen molar-refractivity contribution in [1.29, 1.82) is 0 Å². The van der Waals surface area contributed by atoms with Gasteiger partial charge in [-0.05, 0) is 37.0 Å². The van der Waals surface area contributed by atoms with Crippen molar-refractivity contribution in [2.75, 3.05) is 6.54 Å². The SMILES string of the molecule is Cc1ccc2c(c1)C(=O)N1CCCC21c1ccccc1. The van der Waals surface area contributed by atoms with Crippen LogP contribution in [0.3, 0.4) is 0 Å². The molecule has 2 aliphatic heterocycles. The fraction of sp³-hybridized carbons (Fsp3) is 0.278. The second kappa shape index (κ2) is 3.95. The van der Waals surface area contributed by atoms with Gasteiger partial charge in [-0.2, -0.15) is 0 Å². The molecule has 0 aliphatic carbocycles. The zero-order valence-electron chi connectivity index (χ0n) is 11.6. The van der Waals surface area contributed by atoms with Crippen molar-refractivity contribution in [3.63, 3.8) is 0 Å². The van der Waals surface area contributed by atoms with Gasteiger partial charge >= 0.3 is 0 Å². The van der Waals surface area contributed by atoms with E-state index in [1.807, 2.05) is 19.1 Å². The molecule has 0 N–H and O–H groups in total. The van der Waals surface area contributed by atoms with Crippen molar-refractivity contribution in [3.05, 3.63) is 70.8 Å². The molecule has 0 radical (unpaired) electrons. The Labute approximate surface area is 119 Å². The summed E-state index contributed by atoms with van der Waals surface area (Å²) in [7, 11) is 0. The first-order valence-corrected chi connectivity index (χ1v) is 7.22. The van der Waals surface area contributed by atoms with Gasteiger partial charge in [0.25, 0.3) is 5.91 Å².